The van der Waals surface area contributed by atoms with Gasteiger partial charge in [-0.25, -0.2) is 0 Å². The van der Waals surface area contributed by atoms with Gasteiger partial charge < -0.3 is 20.3 Å². The minimum absolute atomic E-state index is 0.339. The van der Waals surface area contributed by atoms with Crippen LogP contribution >= 0.6 is 0 Å². The van der Waals surface area contributed by atoms with E-state index in [0.29, 0.717) is 25.8 Å². The molecular weight excluding hydrogens is 242 g/mol. The monoisotopic (exact) mass is 273 g/mol. The van der Waals surface area contributed by atoms with Gasteiger partial charge in [-0.05, 0) is 25.7 Å². The first-order valence-electron chi connectivity index (χ1n) is 7.82. The molecule has 3 N–H and O–H groups in total. The van der Waals surface area contributed by atoms with E-state index in [-0.39, 0.29) is 0 Å². The van der Waals surface area contributed by atoms with Gasteiger partial charge >= 0.3 is 0 Å². The lowest BCUT2D eigenvalue weighted by Gasteiger charge is -2.27. The lowest BCUT2D eigenvalue weighted by molar-refractivity contribution is -0.0260. The van der Waals surface area contributed by atoms with Crippen LogP contribution in [0, 0.1) is 0 Å². The first-order valence-corrected chi connectivity index (χ1v) is 7.82. The van der Waals surface area contributed by atoms with Gasteiger partial charge in [0.1, 0.15) is 0 Å². The third kappa shape index (κ3) is 6.70. The number of aliphatic hydroxyl groups is 2. The molecule has 0 heterocycles. The molecule has 0 aliphatic heterocycles. The minimum atomic E-state index is -0.649. The Kier molecular flexibility index (Phi) is 7.91. The van der Waals surface area contributed by atoms with Crippen molar-refractivity contribution in [3.63, 3.8) is 0 Å². The summed E-state index contributed by atoms with van der Waals surface area (Å²) in [7, 11) is 0. The van der Waals surface area contributed by atoms with Crippen LogP contribution in [0.4, 0.5) is 0 Å². The molecule has 0 radical (unpaired) electrons. The van der Waals surface area contributed by atoms with E-state index in [0.717, 1.165) is 25.7 Å². The fourth-order valence-corrected chi connectivity index (χ4v) is 2.51. The van der Waals surface area contributed by atoms with E-state index >= 15 is 0 Å². The van der Waals surface area contributed by atoms with Crippen LogP contribution in [0.2, 0.25) is 0 Å². The van der Waals surface area contributed by atoms with Crippen molar-refractivity contribution in [3.8, 4) is 0 Å². The van der Waals surface area contributed by atoms with Crippen LogP contribution < -0.4 is 5.32 Å². The Bertz CT molecular complexity index is 225. The summed E-state index contributed by atoms with van der Waals surface area (Å²) in [5.41, 5.74) is -0.649. The second-order valence-electron chi connectivity index (χ2n) is 5.81. The minimum Gasteiger partial charge on any atom is -0.389 e. The molecule has 114 valence electrons. The fourth-order valence-electron chi connectivity index (χ4n) is 2.51. The third-order valence-electron chi connectivity index (χ3n) is 4.23. The van der Waals surface area contributed by atoms with Gasteiger partial charge in [-0.3, -0.25) is 0 Å². The Morgan fingerprint density at radius 3 is 2.42 bits per heavy atom. The van der Waals surface area contributed by atoms with Crippen LogP contribution in [0.15, 0.2) is 0 Å². The zero-order chi connectivity index (χ0) is 14.1. The number of hydrogen-bond donors (Lipinski definition) is 3. The molecule has 19 heavy (non-hydrogen) atoms. The molecular formula is C15H31NO3. The van der Waals surface area contributed by atoms with Crippen LogP contribution in [0.5, 0.6) is 0 Å². The van der Waals surface area contributed by atoms with Gasteiger partial charge in [-0.15, -0.1) is 0 Å². The first kappa shape index (κ1) is 16.9. The van der Waals surface area contributed by atoms with Crippen molar-refractivity contribution < 1.29 is 14.9 Å². The Balaban J connectivity index is 2.08. The van der Waals surface area contributed by atoms with Crippen LogP contribution in [0.3, 0.4) is 0 Å². The molecule has 1 aliphatic rings. The van der Waals surface area contributed by atoms with Crippen LogP contribution in [0.1, 0.15) is 58.8 Å². The summed E-state index contributed by atoms with van der Waals surface area (Å²) >= 11 is 0. The lowest BCUT2D eigenvalue weighted by Crippen LogP contribution is -2.43. The van der Waals surface area contributed by atoms with Crippen molar-refractivity contribution >= 4 is 0 Å². The van der Waals surface area contributed by atoms with Crippen LogP contribution in [-0.2, 0) is 4.74 Å². The molecule has 1 aliphatic carbocycles. The fraction of sp³-hybridized carbons (Fsp3) is 1.00. The highest BCUT2D eigenvalue weighted by Crippen LogP contribution is 2.20. The van der Waals surface area contributed by atoms with Gasteiger partial charge in [-0.2, -0.15) is 0 Å². The number of nitrogens with one attached hydrogen (secondary N) is 1. The van der Waals surface area contributed by atoms with Crippen molar-refractivity contribution in [3.05, 3.63) is 0 Å². The molecule has 0 amide bonds. The molecule has 1 unspecified atom stereocenters. The highest BCUT2D eigenvalue weighted by Gasteiger charge is 2.22. The highest BCUT2D eigenvalue weighted by atomic mass is 16.5. The second kappa shape index (κ2) is 8.90. The van der Waals surface area contributed by atoms with Crippen LogP contribution in [0.25, 0.3) is 0 Å². The molecule has 0 aromatic carbocycles. The van der Waals surface area contributed by atoms with Crippen molar-refractivity contribution in [2.45, 2.75) is 76.6 Å². The van der Waals surface area contributed by atoms with Crippen molar-refractivity contribution in [2.24, 2.45) is 0 Å². The summed E-state index contributed by atoms with van der Waals surface area (Å²) in [5.74, 6) is 0. The molecule has 0 saturated heterocycles. The van der Waals surface area contributed by atoms with Gasteiger partial charge in [0.25, 0.3) is 0 Å². The van der Waals surface area contributed by atoms with E-state index in [1.54, 1.807) is 0 Å². The van der Waals surface area contributed by atoms with Crippen molar-refractivity contribution in [1.82, 2.24) is 5.32 Å². The Morgan fingerprint density at radius 1 is 1.21 bits per heavy atom. The molecule has 1 atom stereocenters. The van der Waals surface area contributed by atoms with Gasteiger partial charge in [0.05, 0.1) is 24.4 Å². The number of ether oxygens (including phenoxy) is 1. The molecule has 1 fully saturated rings. The van der Waals surface area contributed by atoms with E-state index in [9.17, 15) is 10.2 Å². The summed E-state index contributed by atoms with van der Waals surface area (Å²) in [5, 5.41) is 23.1. The summed E-state index contributed by atoms with van der Waals surface area (Å²) in [6.07, 6.45) is 7.38. The zero-order valence-electron chi connectivity index (χ0n) is 12.5. The molecule has 0 aromatic rings. The SMILES string of the molecule is CCC(O)(CC)CNCC(O)COC1CCCCC1. The normalized spacial score (nSPS) is 19.6. The maximum atomic E-state index is 10.1. The van der Waals surface area contributed by atoms with E-state index in [2.05, 4.69) is 5.32 Å². The molecule has 0 spiro atoms. The van der Waals surface area contributed by atoms with E-state index in [1.165, 1.54) is 19.3 Å². The number of hydrogen-bond acceptors (Lipinski definition) is 4. The molecule has 1 rings (SSSR count). The second-order valence-corrected chi connectivity index (χ2v) is 5.81. The summed E-state index contributed by atoms with van der Waals surface area (Å²) in [6, 6.07) is 0. The van der Waals surface area contributed by atoms with Gasteiger partial charge in [0.2, 0.25) is 0 Å². The van der Waals surface area contributed by atoms with Crippen LogP contribution in [-0.4, -0.2) is 47.7 Å². The Labute approximate surface area is 117 Å². The predicted molar refractivity (Wildman–Crippen MR) is 77.2 cm³/mol. The summed E-state index contributed by atoms with van der Waals surface area (Å²) < 4.78 is 5.73. The van der Waals surface area contributed by atoms with Gasteiger partial charge in [-0.1, -0.05) is 33.1 Å². The average Bonchev–Trinajstić information content (AvgIpc) is 2.46. The summed E-state index contributed by atoms with van der Waals surface area (Å²) in [6.45, 7) is 5.37. The smallest absolute Gasteiger partial charge is 0.0897 e. The predicted octanol–water partition coefficient (Wildman–Crippen LogP) is 1.84. The maximum absolute atomic E-state index is 10.1. The Hall–Kier alpha value is -0.160. The summed E-state index contributed by atoms with van der Waals surface area (Å²) in [4.78, 5) is 0. The molecule has 0 aromatic heterocycles. The van der Waals surface area contributed by atoms with E-state index in [1.807, 2.05) is 13.8 Å². The van der Waals surface area contributed by atoms with E-state index < -0.39 is 11.7 Å². The topological polar surface area (TPSA) is 61.7 Å². The molecule has 4 nitrogen and oxygen atoms in total. The first-order chi connectivity index (χ1) is 9.09. The number of rotatable bonds is 9. The van der Waals surface area contributed by atoms with Gasteiger partial charge in [0.15, 0.2) is 0 Å². The zero-order valence-corrected chi connectivity index (χ0v) is 12.5. The van der Waals surface area contributed by atoms with E-state index in [4.69, 9.17) is 4.74 Å². The Morgan fingerprint density at radius 2 is 1.84 bits per heavy atom. The quantitative estimate of drug-likeness (QED) is 0.600. The number of aliphatic hydroxyl groups excluding tert-OH is 1. The molecule has 0 bridgehead atoms. The standard InChI is InChI=1S/C15H31NO3/c1-3-15(18,4-2)12-16-10-13(17)11-19-14-8-6-5-7-9-14/h13-14,16-18H,3-12H2,1-2H3. The van der Waals surface area contributed by atoms with Crippen molar-refractivity contribution in [1.29, 1.82) is 0 Å². The average molecular weight is 273 g/mol. The van der Waals surface area contributed by atoms with Crippen molar-refractivity contribution in [2.75, 3.05) is 19.7 Å². The molecule has 4 heteroatoms. The third-order valence-corrected chi connectivity index (χ3v) is 4.23. The lowest BCUT2D eigenvalue weighted by atomic mass is 9.97. The largest absolute Gasteiger partial charge is 0.389 e. The highest BCUT2D eigenvalue weighted by molar-refractivity contribution is 4.78. The molecule has 1 saturated carbocycles. The van der Waals surface area contributed by atoms with Gasteiger partial charge in [0, 0.05) is 13.1 Å². The maximum Gasteiger partial charge on any atom is 0.0897 e.